The predicted molar refractivity (Wildman–Crippen MR) is 138 cm³/mol. The quantitative estimate of drug-likeness (QED) is 0.296. The number of nitrogen functional groups attached to an aromatic ring is 1. The second kappa shape index (κ2) is 10.6. The van der Waals surface area contributed by atoms with Gasteiger partial charge in [0, 0.05) is 34.8 Å². The highest BCUT2D eigenvalue weighted by atomic mass is 32.1. The van der Waals surface area contributed by atoms with Crippen molar-refractivity contribution in [1.82, 2.24) is 15.6 Å². The van der Waals surface area contributed by atoms with Crippen LogP contribution in [0.15, 0.2) is 78.2 Å². The van der Waals surface area contributed by atoms with Gasteiger partial charge in [0.25, 0.3) is 11.8 Å². The van der Waals surface area contributed by atoms with E-state index in [1.807, 2.05) is 41.8 Å². The molecule has 0 unspecified atom stereocenters. The smallest absolute Gasteiger partial charge is 0.251 e. The van der Waals surface area contributed by atoms with Gasteiger partial charge in [-0.1, -0.05) is 30.3 Å². The number of aromatic nitrogens is 1. The maximum Gasteiger partial charge on any atom is 0.251 e. The fraction of sp³-hybridized carbons (Fsp3) is 0.0769. The van der Waals surface area contributed by atoms with Crippen molar-refractivity contribution in [2.24, 2.45) is 0 Å². The highest BCUT2D eigenvalue weighted by Gasteiger charge is 2.12. The molecule has 0 bridgehead atoms. The van der Waals surface area contributed by atoms with Crippen molar-refractivity contribution in [3.63, 3.8) is 0 Å². The third kappa shape index (κ3) is 5.90. The van der Waals surface area contributed by atoms with Gasteiger partial charge >= 0.3 is 0 Å². The van der Waals surface area contributed by atoms with E-state index < -0.39 is 0 Å². The molecule has 3 aromatic carbocycles. The first-order chi connectivity index (χ1) is 16.9. The second-order valence-corrected chi connectivity index (χ2v) is 8.49. The van der Waals surface area contributed by atoms with Crippen molar-refractivity contribution in [3.05, 3.63) is 89.3 Å². The summed E-state index contributed by atoms with van der Waals surface area (Å²) >= 11 is 1.30. The van der Waals surface area contributed by atoms with Crippen LogP contribution in [0.4, 0.5) is 10.8 Å². The summed E-state index contributed by atoms with van der Waals surface area (Å²) in [5.74, 6) is -0.869. The number of rotatable bonds is 7. The maximum atomic E-state index is 12.3. The third-order valence-corrected chi connectivity index (χ3v) is 5.96. The summed E-state index contributed by atoms with van der Waals surface area (Å²) in [6.45, 7) is -0.181. The van der Waals surface area contributed by atoms with E-state index >= 15 is 0 Å². The zero-order chi connectivity index (χ0) is 24.8. The van der Waals surface area contributed by atoms with Crippen LogP contribution < -0.4 is 21.7 Å². The van der Waals surface area contributed by atoms with Gasteiger partial charge < -0.3 is 21.7 Å². The molecule has 9 heteroatoms. The minimum absolute atomic E-state index is 0.132. The molecule has 0 radical (unpaired) electrons. The zero-order valence-electron chi connectivity index (χ0n) is 18.9. The van der Waals surface area contributed by atoms with Crippen molar-refractivity contribution in [3.8, 4) is 22.4 Å². The van der Waals surface area contributed by atoms with Gasteiger partial charge in [-0.25, -0.2) is 4.98 Å². The van der Waals surface area contributed by atoms with Gasteiger partial charge in [-0.2, -0.15) is 0 Å². The zero-order valence-corrected chi connectivity index (χ0v) is 19.7. The van der Waals surface area contributed by atoms with E-state index in [2.05, 4.69) is 20.9 Å². The van der Waals surface area contributed by atoms with Gasteiger partial charge in [-0.3, -0.25) is 14.4 Å². The number of thiazole rings is 1. The number of benzene rings is 3. The third-order valence-electron chi connectivity index (χ3n) is 5.20. The van der Waals surface area contributed by atoms with Crippen molar-refractivity contribution < 1.29 is 14.4 Å². The Kier molecular flexibility index (Phi) is 7.18. The molecule has 8 nitrogen and oxygen atoms in total. The largest absolute Gasteiger partial charge is 0.399 e. The molecule has 5 N–H and O–H groups in total. The Hall–Kier alpha value is -4.50. The monoisotopic (exact) mass is 485 g/mol. The van der Waals surface area contributed by atoms with Gasteiger partial charge in [-0.15, -0.1) is 11.3 Å². The van der Waals surface area contributed by atoms with Crippen molar-refractivity contribution in [1.29, 1.82) is 0 Å². The molecule has 35 heavy (non-hydrogen) atoms. The standard InChI is InChI=1S/C26H23N5O3S/c1-28-24(33)17-7-5-16(6-8-17)19-3-2-4-20(13-19)22-15-35-26(30-22)31-23(32)14-29-25(34)18-9-11-21(27)12-10-18/h2-13,15H,14,27H2,1H3,(H,28,33)(H,29,34)(H,30,31,32). The number of carbonyl (C=O) groups excluding carboxylic acids is 3. The molecule has 0 saturated carbocycles. The molecule has 4 rings (SSSR count). The van der Waals surface area contributed by atoms with E-state index in [9.17, 15) is 14.4 Å². The van der Waals surface area contributed by atoms with E-state index in [0.29, 0.717) is 21.9 Å². The van der Waals surface area contributed by atoms with E-state index in [1.54, 1.807) is 43.4 Å². The summed E-state index contributed by atoms with van der Waals surface area (Å²) in [7, 11) is 1.60. The van der Waals surface area contributed by atoms with Crippen LogP contribution in [-0.4, -0.2) is 36.3 Å². The Labute approximate surface area is 206 Å². The minimum Gasteiger partial charge on any atom is -0.399 e. The van der Waals surface area contributed by atoms with Gasteiger partial charge in [0.05, 0.1) is 12.2 Å². The number of nitrogens with zero attached hydrogens (tertiary/aromatic N) is 1. The predicted octanol–water partition coefficient (Wildman–Crippen LogP) is 3.79. The maximum absolute atomic E-state index is 12.3. The molecule has 0 saturated heterocycles. The Balaban J connectivity index is 1.38. The molecule has 0 aliphatic rings. The van der Waals surface area contributed by atoms with Crippen LogP contribution in [0.1, 0.15) is 20.7 Å². The van der Waals surface area contributed by atoms with Gasteiger partial charge in [0.2, 0.25) is 5.91 Å². The molecule has 0 aliphatic heterocycles. The number of carbonyl (C=O) groups is 3. The molecule has 0 aliphatic carbocycles. The first-order valence-corrected chi connectivity index (χ1v) is 11.6. The molecule has 176 valence electrons. The number of hydrogen-bond acceptors (Lipinski definition) is 6. The molecule has 0 atom stereocenters. The Bertz CT molecular complexity index is 1360. The van der Waals surface area contributed by atoms with Crippen LogP contribution in [0.3, 0.4) is 0 Å². The highest BCUT2D eigenvalue weighted by Crippen LogP contribution is 2.29. The summed E-state index contributed by atoms with van der Waals surface area (Å²) in [5.41, 5.74) is 10.8. The van der Waals surface area contributed by atoms with Crippen molar-refractivity contribution in [2.45, 2.75) is 0 Å². The molecule has 4 aromatic rings. The lowest BCUT2D eigenvalue weighted by Gasteiger charge is -2.06. The molecule has 1 heterocycles. The molecular formula is C26H23N5O3S. The number of anilines is 2. The van der Waals surface area contributed by atoms with E-state index in [-0.39, 0.29) is 24.3 Å². The van der Waals surface area contributed by atoms with E-state index in [4.69, 9.17) is 5.73 Å². The number of nitrogens with two attached hydrogens (primary N) is 1. The van der Waals surface area contributed by atoms with Crippen LogP contribution in [0, 0.1) is 0 Å². The lowest BCUT2D eigenvalue weighted by atomic mass is 10.0. The summed E-state index contributed by atoms with van der Waals surface area (Å²) < 4.78 is 0. The fourth-order valence-corrected chi connectivity index (χ4v) is 4.08. The normalized spacial score (nSPS) is 10.4. The molecular weight excluding hydrogens is 462 g/mol. The van der Waals surface area contributed by atoms with Crippen LogP contribution in [-0.2, 0) is 4.79 Å². The summed E-state index contributed by atoms with van der Waals surface area (Å²) in [6, 6.07) is 21.7. The SMILES string of the molecule is CNC(=O)c1ccc(-c2cccc(-c3csc(NC(=O)CNC(=O)c4ccc(N)cc4)n3)c2)cc1. The number of amides is 3. The molecule has 3 amide bonds. The van der Waals surface area contributed by atoms with Crippen molar-refractivity contribution in [2.75, 3.05) is 24.6 Å². The van der Waals surface area contributed by atoms with Crippen LogP contribution in [0.2, 0.25) is 0 Å². The Morgan fingerprint density at radius 2 is 1.51 bits per heavy atom. The summed E-state index contributed by atoms with van der Waals surface area (Å²) in [6.07, 6.45) is 0. The van der Waals surface area contributed by atoms with Crippen LogP contribution in [0.25, 0.3) is 22.4 Å². The second-order valence-electron chi connectivity index (χ2n) is 7.63. The van der Waals surface area contributed by atoms with E-state index in [1.165, 1.54) is 11.3 Å². The first kappa shape index (κ1) is 23.7. The first-order valence-electron chi connectivity index (χ1n) is 10.7. The van der Waals surface area contributed by atoms with Gasteiger partial charge in [-0.05, 0) is 53.6 Å². The molecule has 1 aromatic heterocycles. The fourth-order valence-electron chi connectivity index (χ4n) is 3.34. The summed E-state index contributed by atoms with van der Waals surface area (Å²) in [4.78, 5) is 40.7. The number of hydrogen-bond donors (Lipinski definition) is 4. The van der Waals surface area contributed by atoms with E-state index in [0.717, 1.165) is 22.4 Å². The van der Waals surface area contributed by atoms with Gasteiger partial charge in [0.15, 0.2) is 5.13 Å². The minimum atomic E-state index is -0.375. The van der Waals surface area contributed by atoms with Crippen LogP contribution >= 0.6 is 11.3 Å². The lowest BCUT2D eigenvalue weighted by molar-refractivity contribution is -0.115. The average Bonchev–Trinajstić information content (AvgIpc) is 3.36. The van der Waals surface area contributed by atoms with Crippen molar-refractivity contribution >= 4 is 39.9 Å². The Morgan fingerprint density at radius 3 is 2.23 bits per heavy atom. The number of nitrogens with one attached hydrogen (secondary N) is 3. The lowest BCUT2D eigenvalue weighted by Crippen LogP contribution is -2.32. The topological polar surface area (TPSA) is 126 Å². The average molecular weight is 486 g/mol. The van der Waals surface area contributed by atoms with Gasteiger partial charge in [0.1, 0.15) is 0 Å². The molecule has 0 spiro atoms. The molecule has 0 fully saturated rings. The van der Waals surface area contributed by atoms with Crippen LogP contribution in [0.5, 0.6) is 0 Å². The Morgan fingerprint density at radius 1 is 0.857 bits per heavy atom. The highest BCUT2D eigenvalue weighted by molar-refractivity contribution is 7.14. The summed E-state index contributed by atoms with van der Waals surface area (Å²) in [5, 5.41) is 10.2.